The molecule has 2 heterocycles. The molecule has 0 saturated carbocycles. The van der Waals surface area contributed by atoms with Gasteiger partial charge in [-0.15, -0.1) is 0 Å². The summed E-state index contributed by atoms with van der Waals surface area (Å²) in [4.78, 5) is 0. The summed E-state index contributed by atoms with van der Waals surface area (Å²) in [5.41, 5.74) is 7.59. The van der Waals surface area contributed by atoms with Gasteiger partial charge in [-0.1, -0.05) is 24.7 Å². The van der Waals surface area contributed by atoms with Gasteiger partial charge in [0.25, 0.3) is 0 Å². The molecule has 0 radical (unpaired) electrons. The van der Waals surface area contributed by atoms with Crippen LogP contribution < -0.4 is 15.8 Å². The molecule has 4 rings (SSSR count). The normalized spacial score (nSPS) is 14.7. The van der Waals surface area contributed by atoms with Crippen LogP contribution in [0.4, 0.5) is 5.82 Å². The van der Waals surface area contributed by atoms with Crippen molar-refractivity contribution in [3.05, 3.63) is 48.0 Å². The molecule has 150 valence electrons. The van der Waals surface area contributed by atoms with Crippen molar-refractivity contribution in [3.63, 3.8) is 0 Å². The largest absolute Gasteiger partial charge is 0.457 e. The van der Waals surface area contributed by atoms with Crippen LogP contribution in [0.25, 0.3) is 11.0 Å². The van der Waals surface area contributed by atoms with E-state index in [-0.39, 0.29) is 7.43 Å². The molecule has 1 saturated heterocycles. The van der Waals surface area contributed by atoms with Crippen LogP contribution in [-0.2, 0) is 11.3 Å². The molecule has 0 bridgehead atoms. The minimum Gasteiger partial charge on any atom is -0.457 e. The van der Waals surface area contributed by atoms with Crippen LogP contribution in [0, 0.1) is 5.92 Å². The lowest BCUT2D eigenvalue weighted by atomic mass is 9.97. The number of rotatable bonds is 7. The molecule has 0 amide bonds. The van der Waals surface area contributed by atoms with Crippen molar-refractivity contribution in [2.45, 2.75) is 33.2 Å². The lowest BCUT2D eigenvalue weighted by Gasteiger charge is -2.21. The molecule has 1 aromatic heterocycles. The molecule has 1 aliphatic rings. The van der Waals surface area contributed by atoms with Crippen molar-refractivity contribution in [3.8, 4) is 11.5 Å². The number of ether oxygens (including phenoxy) is 2. The standard InChI is InChI=1S/C21H25N3O3.CH4/c22-21-19-6-5-18(13-20(19)27-24-21)26-17-3-1-16(2-4-17)14-23-10-7-15-8-11-25-12-9-15;/h1-6,13,15,23H,7-12,14H2,(H2,22,24);1H4. The first-order valence-electron chi connectivity index (χ1n) is 9.48. The maximum atomic E-state index is 5.89. The monoisotopic (exact) mass is 383 g/mol. The number of benzene rings is 2. The lowest BCUT2D eigenvalue weighted by Crippen LogP contribution is -2.22. The quantitative estimate of drug-likeness (QED) is 0.573. The van der Waals surface area contributed by atoms with Gasteiger partial charge < -0.3 is 25.0 Å². The maximum absolute atomic E-state index is 5.89. The first kappa shape index (κ1) is 20.2. The molecular formula is C22H29N3O3. The summed E-state index contributed by atoms with van der Waals surface area (Å²) in [5, 5.41) is 8.08. The second kappa shape index (κ2) is 9.57. The van der Waals surface area contributed by atoms with Crippen molar-refractivity contribution in [1.29, 1.82) is 0 Å². The number of hydrogen-bond donors (Lipinski definition) is 2. The molecule has 2 aromatic carbocycles. The molecule has 1 aliphatic heterocycles. The summed E-state index contributed by atoms with van der Waals surface area (Å²) >= 11 is 0. The van der Waals surface area contributed by atoms with Crippen molar-refractivity contribution in [2.24, 2.45) is 5.92 Å². The van der Waals surface area contributed by atoms with E-state index in [4.69, 9.17) is 19.7 Å². The van der Waals surface area contributed by atoms with Gasteiger partial charge >= 0.3 is 0 Å². The Hall–Kier alpha value is -2.57. The fourth-order valence-corrected chi connectivity index (χ4v) is 3.39. The smallest absolute Gasteiger partial charge is 0.174 e. The van der Waals surface area contributed by atoms with E-state index >= 15 is 0 Å². The first-order valence-corrected chi connectivity index (χ1v) is 9.48. The summed E-state index contributed by atoms with van der Waals surface area (Å²) in [5.74, 6) is 2.68. The van der Waals surface area contributed by atoms with Gasteiger partial charge in [-0.3, -0.25) is 0 Å². The average Bonchev–Trinajstić information content (AvgIpc) is 3.08. The second-order valence-corrected chi connectivity index (χ2v) is 6.99. The summed E-state index contributed by atoms with van der Waals surface area (Å²) in [7, 11) is 0. The third kappa shape index (κ3) is 5.03. The van der Waals surface area contributed by atoms with E-state index in [0.717, 1.165) is 43.4 Å². The van der Waals surface area contributed by atoms with E-state index in [1.54, 1.807) is 6.07 Å². The number of anilines is 1. The number of fused-ring (bicyclic) bond motifs is 1. The molecule has 0 unspecified atom stereocenters. The van der Waals surface area contributed by atoms with Gasteiger partial charge in [0.05, 0.1) is 5.39 Å². The Bertz CT molecular complexity index is 870. The molecule has 0 aliphatic carbocycles. The average molecular weight is 383 g/mol. The van der Waals surface area contributed by atoms with Crippen LogP contribution in [0.1, 0.15) is 32.3 Å². The summed E-state index contributed by atoms with van der Waals surface area (Å²) in [6.45, 7) is 3.75. The number of nitrogens with two attached hydrogens (primary N) is 1. The number of aromatic nitrogens is 1. The Morgan fingerprint density at radius 1 is 1.07 bits per heavy atom. The Kier molecular flexibility index (Phi) is 6.90. The van der Waals surface area contributed by atoms with Crippen LogP contribution >= 0.6 is 0 Å². The Balaban J connectivity index is 0.00000225. The fraction of sp³-hybridized carbons (Fsp3) is 0.409. The predicted molar refractivity (Wildman–Crippen MR) is 112 cm³/mol. The third-order valence-corrected chi connectivity index (χ3v) is 5.03. The molecule has 6 nitrogen and oxygen atoms in total. The highest BCUT2D eigenvalue weighted by Gasteiger charge is 2.12. The molecule has 0 atom stereocenters. The second-order valence-electron chi connectivity index (χ2n) is 6.99. The molecule has 3 N–H and O–H groups in total. The van der Waals surface area contributed by atoms with Crippen LogP contribution in [0.5, 0.6) is 11.5 Å². The number of nitrogen functional groups attached to an aromatic ring is 1. The zero-order valence-corrected chi connectivity index (χ0v) is 15.3. The zero-order chi connectivity index (χ0) is 18.5. The van der Waals surface area contributed by atoms with E-state index in [1.807, 2.05) is 24.3 Å². The highest BCUT2D eigenvalue weighted by molar-refractivity contribution is 5.87. The zero-order valence-electron chi connectivity index (χ0n) is 15.3. The van der Waals surface area contributed by atoms with Gasteiger partial charge in [0.15, 0.2) is 11.4 Å². The third-order valence-electron chi connectivity index (χ3n) is 5.03. The summed E-state index contributed by atoms with van der Waals surface area (Å²) in [6, 6.07) is 13.6. The maximum Gasteiger partial charge on any atom is 0.174 e. The van der Waals surface area contributed by atoms with Gasteiger partial charge in [-0.2, -0.15) is 0 Å². The van der Waals surface area contributed by atoms with Crippen molar-refractivity contribution in [1.82, 2.24) is 10.5 Å². The van der Waals surface area contributed by atoms with Gasteiger partial charge in [-0.05, 0) is 61.6 Å². The van der Waals surface area contributed by atoms with Crippen LogP contribution in [-0.4, -0.2) is 24.9 Å². The summed E-state index contributed by atoms with van der Waals surface area (Å²) < 4.78 is 16.5. The minimum atomic E-state index is 0. The number of nitrogens with one attached hydrogen (secondary N) is 1. The van der Waals surface area contributed by atoms with E-state index in [2.05, 4.69) is 22.6 Å². The van der Waals surface area contributed by atoms with Crippen LogP contribution in [0.3, 0.4) is 0 Å². The van der Waals surface area contributed by atoms with E-state index in [9.17, 15) is 0 Å². The van der Waals surface area contributed by atoms with E-state index < -0.39 is 0 Å². The van der Waals surface area contributed by atoms with E-state index in [1.165, 1.54) is 24.8 Å². The Morgan fingerprint density at radius 3 is 2.61 bits per heavy atom. The molecule has 28 heavy (non-hydrogen) atoms. The Morgan fingerprint density at radius 2 is 1.82 bits per heavy atom. The van der Waals surface area contributed by atoms with Crippen molar-refractivity contribution >= 4 is 16.8 Å². The molecule has 6 heteroatoms. The summed E-state index contributed by atoms with van der Waals surface area (Å²) in [6.07, 6.45) is 3.61. The van der Waals surface area contributed by atoms with Crippen LogP contribution in [0.2, 0.25) is 0 Å². The highest BCUT2D eigenvalue weighted by atomic mass is 16.5. The molecule has 0 spiro atoms. The predicted octanol–water partition coefficient (Wildman–Crippen LogP) is 4.74. The molecular weight excluding hydrogens is 354 g/mol. The Labute approximate surface area is 166 Å². The fourth-order valence-electron chi connectivity index (χ4n) is 3.39. The minimum absolute atomic E-state index is 0. The van der Waals surface area contributed by atoms with E-state index in [0.29, 0.717) is 17.2 Å². The van der Waals surface area contributed by atoms with Gasteiger partial charge in [0.2, 0.25) is 0 Å². The molecule has 3 aromatic rings. The number of nitrogens with zero attached hydrogens (tertiary/aromatic N) is 1. The topological polar surface area (TPSA) is 82.5 Å². The van der Waals surface area contributed by atoms with Gasteiger partial charge in [0, 0.05) is 25.8 Å². The van der Waals surface area contributed by atoms with Gasteiger partial charge in [0.1, 0.15) is 11.5 Å². The first-order chi connectivity index (χ1) is 13.3. The SMILES string of the molecule is C.Nc1noc2cc(Oc3ccc(CNCCC4CCOCC4)cc3)ccc12. The lowest BCUT2D eigenvalue weighted by molar-refractivity contribution is 0.0639. The molecule has 1 fully saturated rings. The van der Waals surface area contributed by atoms with Crippen molar-refractivity contribution in [2.75, 3.05) is 25.5 Å². The van der Waals surface area contributed by atoms with Crippen LogP contribution in [0.15, 0.2) is 47.0 Å². The van der Waals surface area contributed by atoms with Crippen molar-refractivity contribution < 1.29 is 14.0 Å². The highest BCUT2D eigenvalue weighted by Crippen LogP contribution is 2.28. The number of hydrogen-bond acceptors (Lipinski definition) is 6. The van der Waals surface area contributed by atoms with Gasteiger partial charge in [-0.25, -0.2) is 0 Å².